The fourth-order valence-electron chi connectivity index (χ4n) is 0.365. The van der Waals surface area contributed by atoms with E-state index in [1.807, 2.05) is 26.1 Å². The molecular formula is C7H15NO2. The average Bonchev–Trinajstić information content (AvgIpc) is 1.93. The largest absolute Gasteiger partial charge is 0.299 e. The summed E-state index contributed by atoms with van der Waals surface area (Å²) in [5, 5.41) is 2.03. The van der Waals surface area contributed by atoms with Crippen molar-refractivity contribution >= 4 is 12.3 Å². The molecule has 0 aliphatic carbocycles. The molecule has 0 aromatic rings. The van der Waals surface area contributed by atoms with Crippen molar-refractivity contribution in [3.63, 3.8) is 0 Å². The van der Waals surface area contributed by atoms with Gasteiger partial charge in [-0.1, -0.05) is 20.8 Å². The van der Waals surface area contributed by atoms with E-state index in [0.29, 0.717) is 12.8 Å². The maximum absolute atomic E-state index is 10.3. The summed E-state index contributed by atoms with van der Waals surface area (Å²) in [5.74, 6) is -0.206. The highest BCUT2D eigenvalue weighted by Gasteiger charge is 1.93. The first-order valence-corrected chi connectivity index (χ1v) is 3.54. The predicted octanol–water partition coefficient (Wildman–Crippen LogP) is 1.09. The van der Waals surface area contributed by atoms with E-state index in [2.05, 4.69) is 0 Å². The Labute approximate surface area is 61.8 Å². The van der Waals surface area contributed by atoms with Crippen molar-refractivity contribution in [1.82, 2.24) is 5.32 Å². The average molecular weight is 145 g/mol. The summed E-state index contributed by atoms with van der Waals surface area (Å²) >= 11 is 0. The zero-order valence-electron chi connectivity index (χ0n) is 6.81. The van der Waals surface area contributed by atoms with Crippen molar-refractivity contribution in [2.24, 2.45) is 0 Å². The molecule has 2 amide bonds. The molecule has 0 aliphatic heterocycles. The Hall–Kier alpha value is -0.860. The SMILES string of the molecule is CC.CCCC(=O)NC=O. The van der Waals surface area contributed by atoms with Crippen molar-refractivity contribution in [3.8, 4) is 0 Å². The van der Waals surface area contributed by atoms with Crippen molar-refractivity contribution < 1.29 is 9.59 Å². The first-order valence-electron chi connectivity index (χ1n) is 3.54. The van der Waals surface area contributed by atoms with Crippen molar-refractivity contribution in [2.45, 2.75) is 33.6 Å². The number of imide groups is 1. The van der Waals surface area contributed by atoms with Gasteiger partial charge in [-0.2, -0.15) is 0 Å². The molecule has 0 rings (SSSR count). The highest BCUT2D eigenvalue weighted by atomic mass is 16.2. The molecular weight excluding hydrogens is 130 g/mol. The molecule has 0 spiro atoms. The molecule has 0 aromatic carbocycles. The van der Waals surface area contributed by atoms with Crippen LogP contribution in [0.25, 0.3) is 0 Å². The minimum absolute atomic E-state index is 0.206. The van der Waals surface area contributed by atoms with Crippen LogP contribution in [0.15, 0.2) is 0 Å². The van der Waals surface area contributed by atoms with Crippen LogP contribution in [0, 0.1) is 0 Å². The second-order valence-corrected chi connectivity index (χ2v) is 1.44. The van der Waals surface area contributed by atoms with Crippen LogP contribution in [-0.4, -0.2) is 12.3 Å². The number of nitrogens with one attached hydrogen (secondary N) is 1. The van der Waals surface area contributed by atoms with E-state index in [1.54, 1.807) is 0 Å². The molecule has 0 atom stereocenters. The van der Waals surface area contributed by atoms with Gasteiger partial charge >= 0.3 is 0 Å². The molecule has 0 bridgehead atoms. The first kappa shape index (κ1) is 11.9. The minimum Gasteiger partial charge on any atom is -0.299 e. The van der Waals surface area contributed by atoms with Gasteiger partial charge in [-0.15, -0.1) is 0 Å². The maximum Gasteiger partial charge on any atom is 0.226 e. The summed E-state index contributed by atoms with van der Waals surface area (Å²) in [7, 11) is 0. The predicted molar refractivity (Wildman–Crippen MR) is 40.5 cm³/mol. The summed E-state index contributed by atoms with van der Waals surface area (Å²) in [6, 6.07) is 0. The third-order valence-electron chi connectivity index (χ3n) is 0.697. The van der Waals surface area contributed by atoms with E-state index >= 15 is 0 Å². The molecule has 0 unspecified atom stereocenters. The van der Waals surface area contributed by atoms with Crippen LogP contribution in [0.4, 0.5) is 0 Å². The van der Waals surface area contributed by atoms with E-state index in [9.17, 15) is 9.59 Å². The molecule has 60 valence electrons. The molecule has 0 fully saturated rings. The fourth-order valence-corrected chi connectivity index (χ4v) is 0.365. The smallest absolute Gasteiger partial charge is 0.226 e. The van der Waals surface area contributed by atoms with Crippen molar-refractivity contribution in [1.29, 1.82) is 0 Å². The summed E-state index contributed by atoms with van der Waals surface area (Å²) in [6.07, 6.45) is 1.61. The van der Waals surface area contributed by atoms with Gasteiger partial charge in [0.25, 0.3) is 0 Å². The number of hydrogen-bond acceptors (Lipinski definition) is 2. The summed E-state index contributed by atoms with van der Waals surface area (Å²) in [6.45, 7) is 5.88. The highest BCUT2D eigenvalue weighted by molar-refractivity contribution is 5.85. The van der Waals surface area contributed by atoms with Crippen molar-refractivity contribution in [3.05, 3.63) is 0 Å². The van der Waals surface area contributed by atoms with Gasteiger partial charge < -0.3 is 0 Å². The molecule has 1 N–H and O–H groups in total. The molecule has 3 heteroatoms. The molecule has 0 heterocycles. The molecule has 3 nitrogen and oxygen atoms in total. The topological polar surface area (TPSA) is 46.2 Å². The van der Waals surface area contributed by atoms with Crippen molar-refractivity contribution in [2.75, 3.05) is 0 Å². The molecule has 0 aromatic heterocycles. The molecule has 0 saturated heterocycles. The third-order valence-corrected chi connectivity index (χ3v) is 0.697. The number of hydrogen-bond donors (Lipinski definition) is 1. The van der Waals surface area contributed by atoms with Crippen LogP contribution >= 0.6 is 0 Å². The van der Waals surface area contributed by atoms with Crippen LogP contribution < -0.4 is 5.32 Å². The van der Waals surface area contributed by atoms with E-state index in [4.69, 9.17) is 0 Å². The van der Waals surface area contributed by atoms with Crippen LogP contribution in [0.5, 0.6) is 0 Å². The lowest BCUT2D eigenvalue weighted by Gasteiger charge is -1.90. The normalized spacial score (nSPS) is 7.10. The lowest BCUT2D eigenvalue weighted by Crippen LogP contribution is -2.20. The van der Waals surface area contributed by atoms with E-state index < -0.39 is 0 Å². The Morgan fingerprint density at radius 2 is 2.00 bits per heavy atom. The van der Waals surface area contributed by atoms with Crippen LogP contribution in [0.2, 0.25) is 0 Å². The minimum atomic E-state index is -0.206. The van der Waals surface area contributed by atoms with E-state index in [1.165, 1.54) is 0 Å². The van der Waals surface area contributed by atoms with Gasteiger partial charge in [0.15, 0.2) is 0 Å². The van der Waals surface area contributed by atoms with Crippen LogP contribution in [-0.2, 0) is 9.59 Å². The second kappa shape index (κ2) is 11.0. The van der Waals surface area contributed by atoms with Gasteiger partial charge in [0.2, 0.25) is 12.3 Å². The summed E-state index contributed by atoms with van der Waals surface area (Å²) in [5.41, 5.74) is 0. The number of carbonyl (C=O) groups is 2. The van der Waals surface area contributed by atoms with Gasteiger partial charge in [0.05, 0.1) is 0 Å². The Kier molecular flexibility index (Phi) is 13.1. The number of rotatable bonds is 3. The van der Waals surface area contributed by atoms with Gasteiger partial charge in [-0.25, -0.2) is 0 Å². The lowest BCUT2D eigenvalue weighted by atomic mass is 10.3. The molecule has 0 saturated carbocycles. The monoisotopic (exact) mass is 145 g/mol. The van der Waals surface area contributed by atoms with Gasteiger partial charge in [-0.05, 0) is 6.42 Å². The van der Waals surface area contributed by atoms with Crippen LogP contribution in [0.3, 0.4) is 0 Å². The first-order chi connectivity index (χ1) is 4.81. The Bertz CT molecular complexity index is 91.6. The Balaban J connectivity index is 0. The Morgan fingerprint density at radius 3 is 2.30 bits per heavy atom. The van der Waals surface area contributed by atoms with Gasteiger partial charge in [-0.3, -0.25) is 14.9 Å². The highest BCUT2D eigenvalue weighted by Crippen LogP contribution is 1.82. The molecule has 10 heavy (non-hydrogen) atoms. The van der Waals surface area contributed by atoms with E-state index in [0.717, 1.165) is 6.42 Å². The second-order valence-electron chi connectivity index (χ2n) is 1.44. The van der Waals surface area contributed by atoms with Gasteiger partial charge in [0.1, 0.15) is 0 Å². The zero-order valence-corrected chi connectivity index (χ0v) is 6.81. The molecule has 0 radical (unpaired) electrons. The van der Waals surface area contributed by atoms with E-state index in [-0.39, 0.29) is 5.91 Å². The van der Waals surface area contributed by atoms with Gasteiger partial charge in [0, 0.05) is 6.42 Å². The number of amides is 2. The quantitative estimate of drug-likeness (QED) is 0.604. The fraction of sp³-hybridized carbons (Fsp3) is 0.714. The lowest BCUT2D eigenvalue weighted by molar-refractivity contribution is -0.125. The summed E-state index contributed by atoms with van der Waals surface area (Å²) < 4.78 is 0. The van der Waals surface area contributed by atoms with Crippen LogP contribution in [0.1, 0.15) is 33.6 Å². The summed E-state index contributed by atoms with van der Waals surface area (Å²) in [4.78, 5) is 19.9. The number of carbonyl (C=O) groups excluding carboxylic acids is 2. The third kappa shape index (κ3) is 10.2. The zero-order chi connectivity index (χ0) is 8.41. The standard InChI is InChI=1S/C5H9NO2.C2H6/c1-2-3-5(8)6-4-7;1-2/h4H,2-3H2,1H3,(H,6,7,8);1-2H3. The molecule has 0 aliphatic rings. The Morgan fingerprint density at radius 1 is 1.50 bits per heavy atom. The maximum atomic E-state index is 10.3.